The Morgan fingerprint density at radius 2 is 1.74 bits per heavy atom. The van der Waals surface area contributed by atoms with Crippen molar-refractivity contribution in [3.8, 4) is 0 Å². The number of nitrogens with one attached hydrogen (secondary N) is 1. The summed E-state index contributed by atoms with van der Waals surface area (Å²) in [4.78, 5) is 29.0. The summed E-state index contributed by atoms with van der Waals surface area (Å²) in [5.41, 5.74) is 3.88. The molecule has 0 aromatic heterocycles. The fourth-order valence-electron chi connectivity index (χ4n) is 4.55. The highest BCUT2D eigenvalue weighted by atomic mass is 19.1. The SMILES string of the molecule is Cc1cccc([C@@H]2[C@H](C(=O)Nc3ccc(F)cc3)c3ccccc3C(=O)N2C2CC2)c1. The third-order valence-corrected chi connectivity index (χ3v) is 6.09. The van der Waals surface area contributed by atoms with Gasteiger partial charge in [-0.1, -0.05) is 48.0 Å². The lowest BCUT2D eigenvalue weighted by molar-refractivity contribution is -0.119. The average molecular weight is 414 g/mol. The maximum absolute atomic E-state index is 13.6. The van der Waals surface area contributed by atoms with Crippen LogP contribution in [0.5, 0.6) is 0 Å². The van der Waals surface area contributed by atoms with Gasteiger partial charge >= 0.3 is 0 Å². The van der Waals surface area contributed by atoms with Gasteiger partial charge in [0, 0.05) is 17.3 Å². The summed E-state index contributed by atoms with van der Waals surface area (Å²) in [6, 6.07) is 20.9. The molecule has 5 heteroatoms. The Hall–Kier alpha value is -3.47. The monoisotopic (exact) mass is 414 g/mol. The van der Waals surface area contributed by atoms with E-state index >= 15 is 0 Å². The smallest absolute Gasteiger partial charge is 0.254 e. The van der Waals surface area contributed by atoms with E-state index in [0.29, 0.717) is 11.3 Å². The quantitative estimate of drug-likeness (QED) is 0.637. The van der Waals surface area contributed by atoms with Gasteiger partial charge in [0.05, 0.1) is 12.0 Å². The first-order chi connectivity index (χ1) is 15.0. The molecule has 1 aliphatic carbocycles. The molecule has 1 heterocycles. The van der Waals surface area contributed by atoms with Crippen LogP contribution in [0.25, 0.3) is 0 Å². The van der Waals surface area contributed by atoms with Gasteiger partial charge in [-0.3, -0.25) is 9.59 Å². The first-order valence-electron chi connectivity index (χ1n) is 10.6. The number of carbonyl (C=O) groups excluding carboxylic acids is 2. The number of hydrogen-bond donors (Lipinski definition) is 1. The third-order valence-electron chi connectivity index (χ3n) is 6.09. The number of rotatable bonds is 4. The van der Waals surface area contributed by atoms with Gasteiger partial charge in [0.1, 0.15) is 5.82 Å². The number of nitrogens with zero attached hydrogens (tertiary/aromatic N) is 1. The molecule has 0 radical (unpaired) electrons. The molecule has 0 saturated heterocycles. The van der Waals surface area contributed by atoms with Crippen LogP contribution in [0.2, 0.25) is 0 Å². The number of hydrogen-bond acceptors (Lipinski definition) is 2. The van der Waals surface area contributed by atoms with Gasteiger partial charge in [-0.2, -0.15) is 0 Å². The van der Waals surface area contributed by atoms with Gasteiger partial charge in [0.25, 0.3) is 5.91 Å². The Labute approximate surface area is 180 Å². The normalized spacial score (nSPS) is 20.3. The minimum Gasteiger partial charge on any atom is -0.327 e. The molecule has 4 nitrogen and oxygen atoms in total. The van der Waals surface area contributed by atoms with E-state index in [0.717, 1.165) is 29.5 Å². The lowest BCUT2D eigenvalue weighted by Crippen LogP contribution is -2.47. The van der Waals surface area contributed by atoms with Crippen molar-refractivity contribution in [2.24, 2.45) is 0 Å². The van der Waals surface area contributed by atoms with E-state index in [1.54, 1.807) is 18.2 Å². The van der Waals surface area contributed by atoms with Crippen molar-refractivity contribution in [1.82, 2.24) is 4.90 Å². The Kier molecular flexibility index (Phi) is 4.81. The van der Waals surface area contributed by atoms with E-state index in [9.17, 15) is 14.0 Å². The maximum Gasteiger partial charge on any atom is 0.254 e. The highest BCUT2D eigenvalue weighted by Gasteiger charge is 2.49. The summed E-state index contributed by atoms with van der Waals surface area (Å²) in [7, 11) is 0. The molecule has 3 aromatic carbocycles. The summed E-state index contributed by atoms with van der Waals surface area (Å²) in [6.07, 6.45) is 1.89. The highest BCUT2D eigenvalue weighted by molar-refractivity contribution is 6.04. The molecule has 1 N–H and O–H groups in total. The van der Waals surface area contributed by atoms with Gasteiger partial charge in [0.15, 0.2) is 0 Å². The zero-order chi connectivity index (χ0) is 21.5. The molecule has 0 spiro atoms. The molecule has 5 rings (SSSR count). The van der Waals surface area contributed by atoms with Crippen molar-refractivity contribution < 1.29 is 14.0 Å². The van der Waals surface area contributed by atoms with Crippen LogP contribution in [0.1, 0.15) is 51.8 Å². The van der Waals surface area contributed by atoms with Gasteiger partial charge in [-0.05, 0) is 61.2 Å². The van der Waals surface area contributed by atoms with E-state index in [1.165, 1.54) is 12.1 Å². The van der Waals surface area contributed by atoms with Crippen LogP contribution < -0.4 is 5.32 Å². The number of halogens is 1. The molecule has 0 bridgehead atoms. The van der Waals surface area contributed by atoms with Crippen molar-refractivity contribution >= 4 is 17.5 Å². The Morgan fingerprint density at radius 3 is 2.45 bits per heavy atom. The van der Waals surface area contributed by atoms with Crippen molar-refractivity contribution in [3.63, 3.8) is 0 Å². The Morgan fingerprint density at radius 1 is 1.00 bits per heavy atom. The first kappa shape index (κ1) is 19.5. The van der Waals surface area contributed by atoms with Crippen LogP contribution in [-0.2, 0) is 4.79 Å². The molecule has 2 amide bonds. The number of aryl methyl sites for hydroxylation is 1. The molecule has 3 aromatic rings. The molecule has 2 aliphatic rings. The third kappa shape index (κ3) is 3.61. The van der Waals surface area contributed by atoms with Gasteiger partial charge < -0.3 is 10.2 Å². The van der Waals surface area contributed by atoms with Crippen molar-refractivity contribution in [2.75, 3.05) is 5.32 Å². The van der Waals surface area contributed by atoms with E-state index in [2.05, 4.69) is 11.4 Å². The second-order valence-corrected chi connectivity index (χ2v) is 8.36. The number of benzene rings is 3. The fourth-order valence-corrected chi connectivity index (χ4v) is 4.55. The largest absolute Gasteiger partial charge is 0.327 e. The molecular formula is C26H23FN2O2. The Balaban J connectivity index is 1.63. The van der Waals surface area contributed by atoms with E-state index < -0.39 is 12.0 Å². The zero-order valence-electron chi connectivity index (χ0n) is 17.2. The summed E-state index contributed by atoms with van der Waals surface area (Å²) in [6.45, 7) is 2.01. The Bertz CT molecular complexity index is 1150. The van der Waals surface area contributed by atoms with Gasteiger partial charge in [0.2, 0.25) is 5.91 Å². The van der Waals surface area contributed by atoms with Gasteiger partial charge in [-0.15, -0.1) is 0 Å². The van der Waals surface area contributed by atoms with Crippen LogP contribution in [0.4, 0.5) is 10.1 Å². The zero-order valence-corrected chi connectivity index (χ0v) is 17.2. The van der Waals surface area contributed by atoms with E-state index in [4.69, 9.17) is 0 Å². The fraction of sp³-hybridized carbons (Fsp3) is 0.231. The topological polar surface area (TPSA) is 49.4 Å². The minimum absolute atomic E-state index is 0.0181. The first-order valence-corrected chi connectivity index (χ1v) is 10.6. The number of fused-ring (bicyclic) bond motifs is 1. The van der Waals surface area contributed by atoms with Gasteiger partial charge in [-0.25, -0.2) is 4.39 Å². The lowest BCUT2D eigenvalue weighted by Gasteiger charge is -2.42. The van der Waals surface area contributed by atoms with Crippen LogP contribution in [0.3, 0.4) is 0 Å². The lowest BCUT2D eigenvalue weighted by atomic mass is 9.78. The highest BCUT2D eigenvalue weighted by Crippen LogP contribution is 2.48. The summed E-state index contributed by atoms with van der Waals surface area (Å²) < 4.78 is 13.3. The van der Waals surface area contributed by atoms with Crippen molar-refractivity contribution in [2.45, 2.75) is 37.8 Å². The maximum atomic E-state index is 13.6. The second kappa shape index (κ2) is 7.65. The number of anilines is 1. The molecule has 1 saturated carbocycles. The van der Waals surface area contributed by atoms with Crippen LogP contribution in [0.15, 0.2) is 72.8 Å². The average Bonchev–Trinajstić information content (AvgIpc) is 3.60. The summed E-state index contributed by atoms with van der Waals surface area (Å²) >= 11 is 0. The predicted octanol–water partition coefficient (Wildman–Crippen LogP) is 5.22. The van der Waals surface area contributed by atoms with Crippen LogP contribution in [-0.4, -0.2) is 22.8 Å². The molecule has 1 fully saturated rings. The van der Waals surface area contributed by atoms with Crippen LogP contribution >= 0.6 is 0 Å². The molecule has 31 heavy (non-hydrogen) atoms. The summed E-state index contributed by atoms with van der Waals surface area (Å²) in [5, 5.41) is 2.95. The molecule has 1 aliphatic heterocycles. The molecular weight excluding hydrogens is 391 g/mol. The predicted molar refractivity (Wildman–Crippen MR) is 117 cm³/mol. The molecule has 0 unspecified atom stereocenters. The van der Waals surface area contributed by atoms with E-state index in [-0.39, 0.29) is 23.7 Å². The second-order valence-electron chi connectivity index (χ2n) is 8.36. The number of amides is 2. The van der Waals surface area contributed by atoms with Crippen molar-refractivity contribution in [3.05, 3.63) is 101 Å². The minimum atomic E-state index is -0.568. The molecule has 2 atom stereocenters. The molecule has 156 valence electrons. The van der Waals surface area contributed by atoms with E-state index in [1.807, 2.05) is 48.2 Å². The number of carbonyl (C=O) groups is 2. The summed E-state index contributed by atoms with van der Waals surface area (Å²) in [5.74, 6) is -1.15. The standard InChI is InChI=1S/C26H23FN2O2/c1-16-5-4-6-17(15-16)24-23(25(30)28-19-11-9-18(27)10-12-19)21-7-2-3-8-22(21)26(31)29(24)20-13-14-20/h2-12,15,20,23-24H,13-14H2,1H3,(H,28,30)/t23-,24-/m1/s1. The van der Waals surface area contributed by atoms with Crippen LogP contribution in [0, 0.1) is 12.7 Å². The van der Waals surface area contributed by atoms with Crippen molar-refractivity contribution in [1.29, 1.82) is 0 Å².